The monoisotopic (exact) mass is 644 g/mol. The van der Waals surface area contributed by atoms with Gasteiger partial charge in [0.2, 0.25) is 11.8 Å². The van der Waals surface area contributed by atoms with Gasteiger partial charge < -0.3 is 30.4 Å². The average molecular weight is 645 g/mol. The molecule has 5 rings (SSSR count). The van der Waals surface area contributed by atoms with Crippen molar-refractivity contribution in [3.8, 4) is 11.5 Å². The molecular formula is C35H40N4O8. The molecule has 12 heteroatoms. The highest BCUT2D eigenvalue weighted by molar-refractivity contribution is 5.95. The van der Waals surface area contributed by atoms with Gasteiger partial charge in [-0.05, 0) is 53.3 Å². The van der Waals surface area contributed by atoms with E-state index in [-0.39, 0.29) is 37.3 Å². The van der Waals surface area contributed by atoms with E-state index in [2.05, 4.69) is 5.32 Å². The number of phenolic OH excluding ortho intramolecular Hbond substituents is 2. The Balaban J connectivity index is 1.54. The van der Waals surface area contributed by atoms with Crippen molar-refractivity contribution in [2.75, 3.05) is 13.1 Å². The third-order valence-corrected chi connectivity index (χ3v) is 8.51. The van der Waals surface area contributed by atoms with Crippen molar-refractivity contribution in [1.29, 1.82) is 0 Å². The fourth-order valence-corrected chi connectivity index (χ4v) is 6.03. The number of rotatable bonds is 11. The normalized spacial score (nSPS) is 20.2. The van der Waals surface area contributed by atoms with Crippen molar-refractivity contribution < 1.29 is 39.3 Å². The summed E-state index contributed by atoms with van der Waals surface area (Å²) in [5, 5.41) is 33.7. The summed E-state index contributed by atoms with van der Waals surface area (Å²) < 4.78 is 0. The molecule has 3 aromatic rings. The van der Waals surface area contributed by atoms with Gasteiger partial charge in [0.1, 0.15) is 23.6 Å². The molecule has 0 aromatic heterocycles. The van der Waals surface area contributed by atoms with E-state index in [1.165, 1.54) is 34.1 Å². The number of piperazine rings is 1. The summed E-state index contributed by atoms with van der Waals surface area (Å²) in [4.78, 5) is 63.6. The Morgan fingerprint density at radius 3 is 2.04 bits per heavy atom. The third-order valence-electron chi connectivity index (χ3n) is 8.51. The molecule has 12 nitrogen and oxygen atoms in total. The first-order valence-electron chi connectivity index (χ1n) is 15.7. The second-order valence-corrected chi connectivity index (χ2v) is 12.4. The zero-order valence-electron chi connectivity index (χ0n) is 26.4. The smallest absolute Gasteiger partial charge is 0.433 e. The van der Waals surface area contributed by atoms with Gasteiger partial charge in [-0.1, -0.05) is 68.4 Å². The van der Waals surface area contributed by atoms with Crippen LogP contribution in [0.3, 0.4) is 0 Å². The van der Waals surface area contributed by atoms with E-state index in [9.17, 15) is 34.5 Å². The number of nitrogens with one attached hydrogen (secondary N) is 1. The van der Waals surface area contributed by atoms with Crippen LogP contribution in [0.25, 0.3) is 0 Å². The molecular weight excluding hydrogens is 604 g/mol. The fourth-order valence-electron chi connectivity index (χ4n) is 6.03. The third kappa shape index (κ3) is 7.83. The SMILES string of the molecule is CC(C)CCNC(=O)[C@H](Cc1ccc(O)cc1)N1CC2N(C(=O)O)O[C@H](Cc3ccccc3)C(=O)N2[C@@H](Cc2ccc(O)cc2)C1=O. The number of aromatic hydroxyl groups is 2. The average Bonchev–Trinajstić information content (AvgIpc) is 3.04. The molecule has 4 atom stereocenters. The van der Waals surface area contributed by atoms with Crippen molar-refractivity contribution in [3.63, 3.8) is 0 Å². The number of hydrogen-bond acceptors (Lipinski definition) is 7. The van der Waals surface area contributed by atoms with E-state index >= 15 is 0 Å². The van der Waals surface area contributed by atoms with Crippen LogP contribution >= 0.6 is 0 Å². The number of hydrogen-bond donors (Lipinski definition) is 4. The van der Waals surface area contributed by atoms with Crippen molar-refractivity contribution in [2.24, 2.45) is 5.92 Å². The second-order valence-electron chi connectivity index (χ2n) is 12.4. The first-order valence-corrected chi connectivity index (χ1v) is 15.7. The number of benzene rings is 3. The van der Waals surface area contributed by atoms with Crippen LogP contribution in [0.2, 0.25) is 0 Å². The number of fused-ring (bicyclic) bond motifs is 1. The van der Waals surface area contributed by atoms with Gasteiger partial charge in [-0.2, -0.15) is 5.06 Å². The molecule has 47 heavy (non-hydrogen) atoms. The summed E-state index contributed by atoms with van der Waals surface area (Å²) in [5.41, 5.74) is 2.05. The molecule has 0 spiro atoms. The molecule has 2 saturated heterocycles. The highest BCUT2D eigenvalue weighted by Gasteiger charge is 2.54. The van der Waals surface area contributed by atoms with Crippen LogP contribution in [0.15, 0.2) is 78.9 Å². The van der Waals surface area contributed by atoms with Gasteiger partial charge in [0, 0.05) is 25.8 Å². The Hall–Kier alpha value is -5.10. The van der Waals surface area contributed by atoms with Crippen LogP contribution in [0.4, 0.5) is 4.79 Å². The van der Waals surface area contributed by atoms with Crippen molar-refractivity contribution in [2.45, 2.75) is 63.9 Å². The minimum absolute atomic E-state index is 0.00423. The van der Waals surface area contributed by atoms with Gasteiger partial charge in [-0.25, -0.2) is 4.79 Å². The lowest BCUT2D eigenvalue weighted by molar-refractivity contribution is -0.265. The Morgan fingerprint density at radius 1 is 0.851 bits per heavy atom. The van der Waals surface area contributed by atoms with E-state index in [4.69, 9.17) is 4.84 Å². The summed E-state index contributed by atoms with van der Waals surface area (Å²) in [5.74, 6) is -1.08. The number of amides is 4. The standard InChI is InChI=1S/C35H40N4O8/c1-22(2)16-17-36-32(42)28(18-24-8-12-26(40)13-9-24)37-21-31-38(29(33(37)43)19-25-10-14-27(41)15-11-25)34(44)30(47-39(31)35(45)46)20-23-6-4-3-5-7-23/h3-15,22,28-31,40-41H,16-21H2,1-2H3,(H,36,42)(H,45,46)/t28-,29-,30+,31?/m0/s1. The fraction of sp³-hybridized carbons (Fsp3) is 0.371. The highest BCUT2D eigenvalue weighted by Crippen LogP contribution is 2.32. The first-order chi connectivity index (χ1) is 22.5. The molecule has 0 saturated carbocycles. The first kappa shape index (κ1) is 33.3. The van der Waals surface area contributed by atoms with E-state index in [0.29, 0.717) is 35.1 Å². The molecule has 1 unspecified atom stereocenters. The predicted octanol–water partition coefficient (Wildman–Crippen LogP) is 3.32. The summed E-state index contributed by atoms with van der Waals surface area (Å²) in [6.07, 6.45) is -3.02. The molecule has 2 aliphatic heterocycles. The maximum absolute atomic E-state index is 14.6. The summed E-state index contributed by atoms with van der Waals surface area (Å²) in [6, 6.07) is 19.3. The van der Waals surface area contributed by atoms with Gasteiger partial charge in [0.15, 0.2) is 12.3 Å². The van der Waals surface area contributed by atoms with E-state index in [0.717, 1.165) is 5.56 Å². The Morgan fingerprint density at radius 2 is 1.45 bits per heavy atom. The molecule has 248 valence electrons. The molecule has 0 radical (unpaired) electrons. The maximum Gasteiger partial charge on any atom is 0.433 e. The number of nitrogens with zero attached hydrogens (tertiary/aromatic N) is 3. The zero-order chi connectivity index (χ0) is 33.7. The van der Waals surface area contributed by atoms with Crippen LogP contribution in [0.5, 0.6) is 11.5 Å². The minimum atomic E-state index is -1.44. The second kappa shape index (κ2) is 14.5. The lowest BCUT2D eigenvalue weighted by Gasteiger charge is -2.53. The lowest BCUT2D eigenvalue weighted by atomic mass is 9.94. The summed E-state index contributed by atoms with van der Waals surface area (Å²) in [7, 11) is 0. The van der Waals surface area contributed by atoms with Crippen molar-refractivity contribution in [3.05, 3.63) is 95.6 Å². The largest absolute Gasteiger partial charge is 0.508 e. The molecule has 4 amide bonds. The van der Waals surface area contributed by atoms with Crippen LogP contribution in [-0.4, -0.2) is 91.4 Å². The number of carbonyl (C=O) groups is 4. The van der Waals surface area contributed by atoms with Gasteiger partial charge in [0.25, 0.3) is 5.91 Å². The van der Waals surface area contributed by atoms with Gasteiger partial charge >= 0.3 is 6.09 Å². The molecule has 4 N–H and O–H groups in total. The predicted molar refractivity (Wildman–Crippen MR) is 171 cm³/mol. The molecule has 2 fully saturated rings. The summed E-state index contributed by atoms with van der Waals surface area (Å²) in [6.45, 7) is 4.13. The van der Waals surface area contributed by atoms with Crippen LogP contribution < -0.4 is 5.32 Å². The van der Waals surface area contributed by atoms with Gasteiger partial charge in [-0.3, -0.25) is 19.2 Å². The molecule has 3 aromatic carbocycles. The van der Waals surface area contributed by atoms with E-state index in [1.54, 1.807) is 48.5 Å². The number of carboxylic acid groups (broad SMARTS) is 1. The van der Waals surface area contributed by atoms with Crippen LogP contribution in [-0.2, 0) is 38.5 Å². The molecule has 0 aliphatic carbocycles. The number of hydroxylamine groups is 2. The van der Waals surface area contributed by atoms with Gasteiger partial charge in [0.05, 0.1) is 6.54 Å². The lowest BCUT2D eigenvalue weighted by Crippen LogP contribution is -2.75. The van der Waals surface area contributed by atoms with Crippen molar-refractivity contribution >= 4 is 23.8 Å². The molecule has 2 heterocycles. The topological polar surface area (TPSA) is 160 Å². The van der Waals surface area contributed by atoms with Crippen LogP contribution in [0.1, 0.15) is 37.0 Å². The van der Waals surface area contributed by atoms with Crippen LogP contribution in [0, 0.1) is 5.92 Å². The minimum Gasteiger partial charge on any atom is -0.508 e. The maximum atomic E-state index is 14.6. The number of carbonyl (C=O) groups excluding carboxylic acids is 3. The highest BCUT2D eigenvalue weighted by atomic mass is 16.7. The Kier molecular flexibility index (Phi) is 10.3. The summed E-state index contributed by atoms with van der Waals surface area (Å²) >= 11 is 0. The number of phenols is 2. The Bertz CT molecular complexity index is 1560. The molecule has 2 aliphatic rings. The quantitative estimate of drug-likeness (QED) is 0.247. The zero-order valence-corrected chi connectivity index (χ0v) is 26.4. The van der Waals surface area contributed by atoms with E-state index < -0.39 is 48.2 Å². The Labute approximate surface area is 273 Å². The van der Waals surface area contributed by atoms with E-state index in [1.807, 2.05) is 19.9 Å². The van der Waals surface area contributed by atoms with Gasteiger partial charge in [-0.15, -0.1) is 0 Å². The van der Waals surface area contributed by atoms with Crippen molar-refractivity contribution in [1.82, 2.24) is 20.2 Å². The molecule has 0 bridgehead atoms.